The summed E-state index contributed by atoms with van der Waals surface area (Å²) in [6, 6.07) is 11.9. The van der Waals surface area contributed by atoms with Crippen LogP contribution in [-0.2, 0) is 0 Å². The van der Waals surface area contributed by atoms with Gasteiger partial charge in [-0.3, -0.25) is 0 Å². The van der Waals surface area contributed by atoms with E-state index in [9.17, 15) is 0 Å². The second kappa shape index (κ2) is 4.85. The minimum absolute atomic E-state index is 0.622. The molecule has 0 N–H and O–H groups in total. The first-order chi connectivity index (χ1) is 7.68. The molecule has 0 aliphatic carbocycles. The number of hydrogen-bond donors (Lipinski definition) is 0. The molecule has 0 amide bonds. The summed E-state index contributed by atoms with van der Waals surface area (Å²) in [5, 5.41) is 0.622. The molecule has 1 aromatic carbocycles. The van der Waals surface area contributed by atoms with E-state index in [4.69, 9.17) is 11.6 Å². The third-order valence-corrected chi connectivity index (χ3v) is 3.04. The highest BCUT2D eigenvalue weighted by Gasteiger charge is 2.09. The molecule has 0 radical (unpaired) electrons. The lowest BCUT2D eigenvalue weighted by molar-refractivity contribution is 1.12. The van der Waals surface area contributed by atoms with Crippen molar-refractivity contribution in [1.29, 1.82) is 0 Å². The number of para-hydroxylation sites is 1. The molecule has 0 saturated carbocycles. The first-order valence-electron chi connectivity index (χ1n) is 4.78. The van der Waals surface area contributed by atoms with Gasteiger partial charge in [0.05, 0.1) is 9.50 Å². The highest BCUT2D eigenvalue weighted by atomic mass is 79.9. The van der Waals surface area contributed by atoms with Crippen LogP contribution in [0.15, 0.2) is 47.1 Å². The molecule has 0 unspecified atom stereocenters. The predicted octanol–water partition coefficient (Wildman–Crippen LogP) is 4.27. The largest absolute Gasteiger partial charge is 0.329 e. The molecule has 0 bridgehead atoms. The van der Waals surface area contributed by atoms with Crippen LogP contribution in [0.1, 0.15) is 0 Å². The second-order valence-corrected chi connectivity index (χ2v) is 4.64. The van der Waals surface area contributed by atoms with Crippen LogP contribution in [0.25, 0.3) is 0 Å². The standard InChI is InChI=1S/C12H10BrClN2/c1-16(10-5-3-2-4-6-10)12-11(13)7-9(14)8-15-12/h2-8H,1H3. The summed E-state index contributed by atoms with van der Waals surface area (Å²) in [6.07, 6.45) is 1.64. The summed E-state index contributed by atoms with van der Waals surface area (Å²) >= 11 is 9.31. The number of nitrogens with zero attached hydrogens (tertiary/aromatic N) is 2. The van der Waals surface area contributed by atoms with Crippen LogP contribution < -0.4 is 4.90 Å². The van der Waals surface area contributed by atoms with Gasteiger partial charge in [0.2, 0.25) is 0 Å². The zero-order valence-corrected chi connectivity index (χ0v) is 11.0. The molecule has 0 spiro atoms. The van der Waals surface area contributed by atoms with Crippen molar-refractivity contribution >= 4 is 39.0 Å². The van der Waals surface area contributed by atoms with Crippen molar-refractivity contribution in [2.24, 2.45) is 0 Å². The number of anilines is 2. The number of benzene rings is 1. The molecule has 2 rings (SSSR count). The molecule has 82 valence electrons. The maximum Gasteiger partial charge on any atom is 0.147 e. The molecule has 0 aliphatic rings. The molecule has 4 heteroatoms. The molecule has 2 aromatic rings. The molecule has 16 heavy (non-hydrogen) atoms. The van der Waals surface area contributed by atoms with E-state index >= 15 is 0 Å². The zero-order chi connectivity index (χ0) is 11.5. The number of rotatable bonds is 2. The normalized spacial score (nSPS) is 10.2. The van der Waals surface area contributed by atoms with Crippen LogP contribution in [0, 0.1) is 0 Å². The Hall–Kier alpha value is -1.06. The van der Waals surface area contributed by atoms with E-state index < -0.39 is 0 Å². The Morgan fingerprint density at radius 1 is 1.25 bits per heavy atom. The van der Waals surface area contributed by atoms with Gasteiger partial charge in [0.15, 0.2) is 0 Å². The summed E-state index contributed by atoms with van der Waals surface area (Å²) < 4.78 is 0.881. The average Bonchev–Trinajstić information content (AvgIpc) is 2.29. The van der Waals surface area contributed by atoms with Gasteiger partial charge in [-0.2, -0.15) is 0 Å². The zero-order valence-electron chi connectivity index (χ0n) is 8.69. The third kappa shape index (κ3) is 2.36. The van der Waals surface area contributed by atoms with Crippen molar-refractivity contribution in [1.82, 2.24) is 4.98 Å². The molecule has 0 saturated heterocycles. The topological polar surface area (TPSA) is 16.1 Å². The van der Waals surface area contributed by atoms with Crippen molar-refractivity contribution in [3.8, 4) is 0 Å². The van der Waals surface area contributed by atoms with E-state index in [2.05, 4.69) is 20.9 Å². The van der Waals surface area contributed by atoms with E-state index in [1.165, 1.54) is 0 Å². The Morgan fingerprint density at radius 2 is 1.94 bits per heavy atom. The quantitative estimate of drug-likeness (QED) is 0.823. The van der Waals surface area contributed by atoms with Crippen LogP contribution in [0.3, 0.4) is 0 Å². The van der Waals surface area contributed by atoms with Crippen molar-refractivity contribution in [3.05, 3.63) is 52.1 Å². The lowest BCUT2D eigenvalue weighted by Gasteiger charge is -2.19. The van der Waals surface area contributed by atoms with Crippen LogP contribution in [0.4, 0.5) is 11.5 Å². The van der Waals surface area contributed by atoms with Crippen molar-refractivity contribution < 1.29 is 0 Å². The smallest absolute Gasteiger partial charge is 0.147 e. The molecule has 1 aromatic heterocycles. The van der Waals surface area contributed by atoms with Gasteiger partial charge in [0, 0.05) is 18.9 Å². The summed E-state index contributed by atoms with van der Waals surface area (Å²) in [4.78, 5) is 6.30. The fourth-order valence-electron chi connectivity index (χ4n) is 1.43. The monoisotopic (exact) mass is 296 g/mol. The first-order valence-corrected chi connectivity index (χ1v) is 5.95. The van der Waals surface area contributed by atoms with Crippen LogP contribution >= 0.6 is 27.5 Å². The van der Waals surface area contributed by atoms with E-state index in [1.807, 2.05) is 48.3 Å². The number of halogens is 2. The molecular weight excluding hydrogens is 288 g/mol. The summed E-state index contributed by atoms with van der Waals surface area (Å²) in [6.45, 7) is 0. The molecule has 0 fully saturated rings. The number of pyridine rings is 1. The Labute approximate surface area is 108 Å². The van der Waals surface area contributed by atoms with Crippen LogP contribution in [-0.4, -0.2) is 12.0 Å². The van der Waals surface area contributed by atoms with Gasteiger partial charge in [-0.05, 0) is 34.1 Å². The van der Waals surface area contributed by atoms with Crippen LogP contribution in [0.5, 0.6) is 0 Å². The summed E-state index contributed by atoms with van der Waals surface area (Å²) in [5.74, 6) is 0.843. The minimum Gasteiger partial charge on any atom is -0.329 e. The fraction of sp³-hybridized carbons (Fsp3) is 0.0833. The van der Waals surface area contributed by atoms with Gasteiger partial charge in [-0.15, -0.1) is 0 Å². The Kier molecular flexibility index (Phi) is 3.46. The van der Waals surface area contributed by atoms with Gasteiger partial charge in [-0.1, -0.05) is 29.8 Å². The molecule has 0 atom stereocenters. The summed E-state index contributed by atoms with van der Waals surface area (Å²) in [5.41, 5.74) is 1.08. The van der Waals surface area contributed by atoms with E-state index in [-0.39, 0.29) is 0 Å². The van der Waals surface area contributed by atoms with Crippen molar-refractivity contribution in [3.63, 3.8) is 0 Å². The molecule has 2 nitrogen and oxygen atoms in total. The Balaban J connectivity index is 2.38. The van der Waals surface area contributed by atoms with Gasteiger partial charge in [0.1, 0.15) is 5.82 Å². The van der Waals surface area contributed by atoms with Gasteiger partial charge < -0.3 is 4.90 Å². The predicted molar refractivity (Wildman–Crippen MR) is 71.5 cm³/mol. The minimum atomic E-state index is 0.622. The van der Waals surface area contributed by atoms with E-state index in [0.29, 0.717) is 5.02 Å². The van der Waals surface area contributed by atoms with Gasteiger partial charge in [-0.25, -0.2) is 4.98 Å². The maximum absolute atomic E-state index is 5.86. The average molecular weight is 298 g/mol. The lowest BCUT2D eigenvalue weighted by Crippen LogP contribution is -2.11. The highest BCUT2D eigenvalue weighted by Crippen LogP contribution is 2.30. The Morgan fingerprint density at radius 3 is 2.56 bits per heavy atom. The van der Waals surface area contributed by atoms with Crippen molar-refractivity contribution in [2.75, 3.05) is 11.9 Å². The Bertz CT molecular complexity index is 488. The SMILES string of the molecule is CN(c1ccccc1)c1ncc(Cl)cc1Br. The highest BCUT2D eigenvalue weighted by molar-refractivity contribution is 9.10. The van der Waals surface area contributed by atoms with E-state index in [1.54, 1.807) is 6.20 Å². The molecule has 0 aliphatic heterocycles. The van der Waals surface area contributed by atoms with Crippen LogP contribution in [0.2, 0.25) is 5.02 Å². The van der Waals surface area contributed by atoms with E-state index in [0.717, 1.165) is 16.0 Å². The number of hydrogen-bond acceptors (Lipinski definition) is 2. The van der Waals surface area contributed by atoms with Crippen molar-refractivity contribution in [2.45, 2.75) is 0 Å². The molecule has 1 heterocycles. The maximum atomic E-state index is 5.86. The summed E-state index contributed by atoms with van der Waals surface area (Å²) in [7, 11) is 1.97. The molecular formula is C12H10BrClN2. The van der Waals surface area contributed by atoms with Gasteiger partial charge >= 0.3 is 0 Å². The lowest BCUT2D eigenvalue weighted by atomic mass is 10.3. The number of aromatic nitrogens is 1. The first kappa shape index (κ1) is 11.4. The third-order valence-electron chi connectivity index (χ3n) is 2.25. The fourth-order valence-corrected chi connectivity index (χ4v) is 2.33. The second-order valence-electron chi connectivity index (χ2n) is 3.35. The van der Waals surface area contributed by atoms with Gasteiger partial charge in [0.25, 0.3) is 0 Å².